The summed E-state index contributed by atoms with van der Waals surface area (Å²) in [5.41, 5.74) is 10.8. The largest absolute Gasteiger partial charge is 0.508 e. The Morgan fingerprint density at radius 1 is 0.594 bits per heavy atom. The van der Waals surface area contributed by atoms with Crippen molar-refractivity contribution in [2.75, 3.05) is 7.11 Å². The molecule has 5 aromatic carbocycles. The number of aliphatic carboxylic acids is 1. The van der Waals surface area contributed by atoms with Crippen LogP contribution in [-0.4, -0.2) is 29.3 Å². The molecule has 330 valence electrons. The van der Waals surface area contributed by atoms with Gasteiger partial charge in [-0.3, -0.25) is 4.79 Å². The molecule has 0 radical (unpaired) electrons. The highest BCUT2D eigenvalue weighted by atomic mass is 16.5. The third kappa shape index (κ3) is 8.90. The molecule has 13 rings (SSSR count). The number of carbonyl (C=O) groups is 2. The van der Waals surface area contributed by atoms with Crippen molar-refractivity contribution in [1.29, 1.82) is 0 Å². The molecule has 0 heterocycles. The van der Waals surface area contributed by atoms with Gasteiger partial charge >= 0.3 is 11.9 Å². The van der Waals surface area contributed by atoms with E-state index in [1.165, 1.54) is 105 Å². The van der Waals surface area contributed by atoms with Crippen molar-refractivity contribution in [2.45, 2.75) is 107 Å². The maximum atomic E-state index is 12.1. The second-order valence-corrected chi connectivity index (χ2v) is 20.7. The third-order valence-corrected chi connectivity index (χ3v) is 16.2. The lowest BCUT2D eigenvalue weighted by Gasteiger charge is -2.57. The van der Waals surface area contributed by atoms with Gasteiger partial charge in [0.15, 0.2) is 0 Å². The lowest BCUT2D eigenvalue weighted by Crippen LogP contribution is -2.48. The van der Waals surface area contributed by atoms with Crippen molar-refractivity contribution in [3.05, 3.63) is 149 Å². The molecule has 64 heavy (non-hydrogen) atoms. The normalized spacial score (nSPS) is 28.1. The predicted octanol–water partition coefficient (Wildman–Crippen LogP) is 13.1. The molecule has 8 saturated carbocycles. The molecule has 0 unspecified atom stereocenters. The number of ether oxygens (including phenoxy) is 2. The minimum absolute atomic E-state index is 0.161. The van der Waals surface area contributed by atoms with E-state index in [1.54, 1.807) is 0 Å². The molecule has 8 aliphatic carbocycles. The van der Waals surface area contributed by atoms with E-state index in [2.05, 4.69) is 60.7 Å². The summed E-state index contributed by atoms with van der Waals surface area (Å²) < 4.78 is 11.2. The number of carbonyl (C=O) groups excluding carboxylic acids is 1. The minimum atomic E-state index is -0.761. The highest BCUT2D eigenvalue weighted by Crippen LogP contribution is 2.63. The number of phenolic OH excluding ortho intramolecular Hbond substituents is 1. The van der Waals surface area contributed by atoms with E-state index < -0.39 is 5.97 Å². The lowest BCUT2D eigenvalue weighted by molar-refractivity contribution is -0.139. The molecule has 0 amide bonds. The van der Waals surface area contributed by atoms with Crippen LogP contribution in [0.15, 0.2) is 121 Å². The average Bonchev–Trinajstić information content (AvgIpc) is 3.29. The fourth-order valence-electron chi connectivity index (χ4n) is 14.2. The first-order valence-corrected chi connectivity index (χ1v) is 23.9. The van der Waals surface area contributed by atoms with Crippen LogP contribution in [0.25, 0.3) is 28.3 Å². The van der Waals surface area contributed by atoms with Crippen LogP contribution < -0.4 is 4.74 Å². The number of phenols is 1. The van der Waals surface area contributed by atoms with Gasteiger partial charge in [-0.15, -0.1) is 0 Å². The summed E-state index contributed by atoms with van der Waals surface area (Å²) in [6, 6.07) is 39.2. The van der Waals surface area contributed by atoms with E-state index in [0.717, 1.165) is 69.1 Å². The zero-order valence-corrected chi connectivity index (χ0v) is 37.2. The average molecular weight is 855 g/mol. The van der Waals surface area contributed by atoms with E-state index in [9.17, 15) is 14.7 Å². The van der Waals surface area contributed by atoms with Crippen molar-refractivity contribution in [1.82, 2.24) is 0 Å². The molecule has 0 spiro atoms. The molecule has 8 aliphatic rings. The van der Waals surface area contributed by atoms with Crippen LogP contribution in [0.4, 0.5) is 0 Å². The van der Waals surface area contributed by atoms with Gasteiger partial charge in [0.1, 0.15) is 18.1 Å². The van der Waals surface area contributed by atoms with Gasteiger partial charge in [-0.1, -0.05) is 91.0 Å². The molecule has 8 bridgehead atoms. The maximum Gasteiger partial charge on any atom is 0.331 e. The number of carboxylic acids is 1. The number of aromatic hydroxyl groups is 1. The number of benzene rings is 5. The van der Waals surface area contributed by atoms with E-state index >= 15 is 0 Å². The molecule has 0 atom stereocenters. The predicted molar refractivity (Wildman–Crippen MR) is 253 cm³/mol. The Morgan fingerprint density at radius 2 is 1.08 bits per heavy atom. The molecular formula is C58H62O6. The summed E-state index contributed by atoms with van der Waals surface area (Å²) in [5.74, 6) is 5.66. The van der Waals surface area contributed by atoms with Crippen LogP contribution in [0.3, 0.4) is 0 Å². The number of rotatable bonds is 12. The summed E-state index contributed by atoms with van der Waals surface area (Å²) in [7, 11) is 1.81. The Kier molecular flexibility index (Phi) is 11.7. The highest BCUT2D eigenvalue weighted by Gasteiger charge is 2.53. The van der Waals surface area contributed by atoms with E-state index in [4.69, 9.17) is 14.6 Å². The van der Waals surface area contributed by atoms with Crippen molar-refractivity contribution in [2.24, 2.45) is 35.5 Å². The maximum absolute atomic E-state index is 12.1. The first-order valence-electron chi connectivity index (χ1n) is 23.9. The number of esters is 1. The molecule has 0 aromatic heterocycles. The molecule has 6 heteroatoms. The van der Waals surface area contributed by atoms with Gasteiger partial charge in [0.25, 0.3) is 0 Å². The molecule has 2 N–H and O–H groups in total. The van der Waals surface area contributed by atoms with Crippen molar-refractivity contribution < 1.29 is 29.3 Å². The highest BCUT2D eigenvalue weighted by molar-refractivity contribution is 5.87. The number of carboxylic acid groups (broad SMARTS) is 1. The number of hydrogen-bond donors (Lipinski definition) is 2. The Hall–Kier alpha value is -5.62. The van der Waals surface area contributed by atoms with Gasteiger partial charge in [-0.05, 0) is 199 Å². The second-order valence-electron chi connectivity index (χ2n) is 20.7. The monoisotopic (exact) mass is 854 g/mol. The number of hydrogen-bond acceptors (Lipinski definition) is 5. The van der Waals surface area contributed by atoms with E-state index in [-0.39, 0.29) is 24.4 Å². The standard InChI is InChI=1S/C33H34O3.C25H28O3/c1-35-31-13-12-29(18-30(31)33-19-25-15-26(20-33)17-27(16-25)21-33)28-10-7-23(8-11-28)9-14-32(34)36-22-24-5-3-2-4-6-24;26-23-7-6-21(20-4-1-16(2-5-20)3-8-24(27)28)12-22(23)25-13-17-9-18(14-25)11-19(10-17)15-25/h2-14,18,25-27H,15-17,19-22H2,1H3;1-2,4-7,12,17-19,26H,3,8-11,13-15H2,(H,27,28)/b14-9+;. The molecular weight excluding hydrogens is 793 g/mol. The third-order valence-electron chi connectivity index (χ3n) is 16.2. The molecule has 0 aliphatic heterocycles. The first-order chi connectivity index (χ1) is 31.1. The fourth-order valence-corrected chi connectivity index (χ4v) is 14.2. The van der Waals surface area contributed by atoms with Crippen LogP contribution in [0.2, 0.25) is 0 Å². The van der Waals surface area contributed by atoms with Crippen molar-refractivity contribution in [3.63, 3.8) is 0 Å². The smallest absolute Gasteiger partial charge is 0.331 e. The Labute approximate surface area is 378 Å². The summed E-state index contributed by atoms with van der Waals surface area (Å²) >= 11 is 0. The Balaban J connectivity index is 0.000000156. The zero-order chi connectivity index (χ0) is 43.8. The molecule has 5 aromatic rings. The van der Waals surface area contributed by atoms with Gasteiger partial charge in [0, 0.05) is 23.6 Å². The number of aryl methyl sites for hydroxylation is 1. The molecule has 0 saturated heterocycles. The summed E-state index contributed by atoms with van der Waals surface area (Å²) in [6.45, 7) is 0.284. The Morgan fingerprint density at radius 3 is 1.61 bits per heavy atom. The summed E-state index contributed by atoms with van der Waals surface area (Å²) in [6.07, 6.45) is 20.2. The summed E-state index contributed by atoms with van der Waals surface area (Å²) in [5, 5.41) is 19.6. The topological polar surface area (TPSA) is 93.1 Å². The van der Waals surface area contributed by atoms with E-state index in [0.29, 0.717) is 17.6 Å². The number of methoxy groups -OCH3 is 1. The van der Waals surface area contributed by atoms with Gasteiger partial charge in [-0.25, -0.2) is 4.79 Å². The Bertz CT molecular complexity index is 2430. The fraction of sp³-hybridized carbons (Fsp3) is 0.414. The lowest BCUT2D eigenvalue weighted by atomic mass is 9.48. The van der Waals surface area contributed by atoms with Crippen molar-refractivity contribution in [3.8, 4) is 33.8 Å². The van der Waals surface area contributed by atoms with Crippen LogP contribution in [0.1, 0.15) is 111 Å². The van der Waals surface area contributed by atoms with Gasteiger partial charge in [-0.2, -0.15) is 0 Å². The zero-order valence-electron chi connectivity index (χ0n) is 37.2. The minimum Gasteiger partial charge on any atom is -0.508 e. The first kappa shape index (κ1) is 42.3. The summed E-state index contributed by atoms with van der Waals surface area (Å²) in [4.78, 5) is 22.9. The molecule has 6 nitrogen and oxygen atoms in total. The van der Waals surface area contributed by atoms with E-state index in [1.807, 2.05) is 67.8 Å². The van der Waals surface area contributed by atoms with Gasteiger partial charge in [0.05, 0.1) is 7.11 Å². The molecule has 8 fully saturated rings. The van der Waals surface area contributed by atoms with Gasteiger partial charge < -0.3 is 19.7 Å². The SMILES string of the molecule is COc1ccc(-c2ccc(/C=C/C(=O)OCc3ccccc3)cc2)cc1C12CC3CC(CC(C3)C1)C2.O=C(O)CCc1ccc(-c2ccc(O)c(C34CC5CC(CC(C5)C3)C4)c2)cc1. The van der Waals surface area contributed by atoms with Crippen LogP contribution in [-0.2, 0) is 38.2 Å². The quantitative estimate of drug-likeness (QED) is 0.0959. The second kappa shape index (κ2) is 17.7. The van der Waals surface area contributed by atoms with Crippen LogP contribution >= 0.6 is 0 Å². The van der Waals surface area contributed by atoms with Crippen molar-refractivity contribution >= 4 is 18.0 Å². The van der Waals surface area contributed by atoms with Crippen LogP contribution in [0.5, 0.6) is 11.5 Å². The van der Waals surface area contributed by atoms with Gasteiger partial charge in [0.2, 0.25) is 0 Å². The van der Waals surface area contributed by atoms with Crippen LogP contribution in [0, 0.1) is 35.5 Å².